The molecule has 7 heteroatoms. The molecule has 1 aliphatic heterocycles. The van der Waals surface area contributed by atoms with Crippen LogP contribution in [0.5, 0.6) is 0 Å². The third-order valence-corrected chi connectivity index (χ3v) is 5.64. The summed E-state index contributed by atoms with van der Waals surface area (Å²) in [5.41, 5.74) is 4.39. The smallest absolute Gasteiger partial charge is 0.271 e. The maximum absolute atomic E-state index is 12.9. The normalized spacial score (nSPS) is 15.1. The van der Waals surface area contributed by atoms with Crippen LogP contribution < -0.4 is 0 Å². The molecule has 0 saturated carbocycles. The molecule has 1 amide bonds. The second-order valence-electron chi connectivity index (χ2n) is 7.59. The quantitative estimate of drug-likeness (QED) is 0.585. The van der Waals surface area contributed by atoms with Gasteiger partial charge >= 0.3 is 0 Å². The van der Waals surface area contributed by atoms with Crippen molar-refractivity contribution in [2.75, 3.05) is 13.1 Å². The Morgan fingerprint density at radius 3 is 2.66 bits per heavy atom. The molecule has 1 N–H and O–H groups in total. The lowest BCUT2D eigenvalue weighted by atomic mass is 9.95. The van der Waals surface area contributed by atoms with Gasteiger partial charge in [0.2, 0.25) is 0 Å². The Labute approximate surface area is 168 Å². The third-order valence-electron chi connectivity index (χ3n) is 5.64. The Balaban J connectivity index is 1.27. The highest BCUT2D eigenvalue weighted by molar-refractivity contribution is 5.93. The molecule has 1 fully saturated rings. The van der Waals surface area contributed by atoms with Crippen LogP contribution in [0, 0.1) is 6.92 Å². The molecule has 0 aliphatic carbocycles. The second kappa shape index (κ2) is 7.16. The van der Waals surface area contributed by atoms with E-state index in [9.17, 15) is 4.79 Å². The van der Waals surface area contributed by atoms with Gasteiger partial charge in [0.25, 0.3) is 5.91 Å². The fraction of sp³-hybridized carbons (Fsp3) is 0.273. The van der Waals surface area contributed by atoms with Crippen LogP contribution in [0.3, 0.4) is 0 Å². The summed E-state index contributed by atoms with van der Waals surface area (Å²) in [4.78, 5) is 14.8. The van der Waals surface area contributed by atoms with Gasteiger partial charge in [-0.25, -0.2) is 0 Å². The number of rotatable bonds is 3. The van der Waals surface area contributed by atoms with Crippen LogP contribution in [0.15, 0.2) is 54.7 Å². The zero-order valence-corrected chi connectivity index (χ0v) is 16.2. The lowest BCUT2D eigenvalue weighted by Crippen LogP contribution is -2.38. The number of hydrogen-bond donors (Lipinski definition) is 1. The number of aryl methyl sites for hydroxylation is 1. The van der Waals surface area contributed by atoms with Crippen molar-refractivity contribution in [1.29, 1.82) is 0 Å². The number of nitrogens with zero attached hydrogens (tertiary/aromatic N) is 5. The molecule has 3 aromatic heterocycles. The SMILES string of the molecule is Cc1ccc(-c2cc(C(=O)N3CCC(c4nnc5ccccn45)CC3)[nH]n2)cc1. The molecule has 0 unspecified atom stereocenters. The maximum Gasteiger partial charge on any atom is 0.271 e. The Bertz CT molecular complexity index is 1150. The lowest BCUT2D eigenvalue weighted by molar-refractivity contribution is 0.0705. The van der Waals surface area contributed by atoms with Gasteiger partial charge in [-0.3, -0.25) is 14.3 Å². The Morgan fingerprint density at radius 2 is 1.86 bits per heavy atom. The Morgan fingerprint density at radius 1 is 1.07 bits per heavy atom. The molecule has 0 bridgehead atoms. The number of H-pyrrole nitrogens is 1. The van der Waals surface area contributed by atoms with Gasteiger partial charge in [0.1, 0.15) is 11.5 Å². The van der Waals surface area contributed by atoms with Crippen molar-refractivity contribution in [1.82, 2.24) is 29.7 Å². The summed E-state index contributed by atoms with van der Waals surface area (Å²) in [6.45, 7) is 3.45. The van der Waals surface area contributed by atoms with E-state index in [1.54, 1.807) is 0 Å². The molecule has 7 nitrogen and oxygen atoms in total. The number of pyridine rings is 1. The summed E-state index contributed by atoms with van der Waals surface area (Å²) in [6.07, 6.45) is 3.75. The fourth-order valence-corrected chi connectivity index (χ4v) is 3.95. The van der Waals surface area contributed by atoms with Crippen LogP contribution >= 0.6 is 0 Å². The molecule has 0 atom stereocenters. The van der Waals surface area contributed by atoms with Crippen LogP contribution in [0.2, 0.25) is 0 Å². The second-order valence-corrected chi connectivity index (χ2v) is 7.59. The molecular formula is C22H22N6O. The van der Waals surface area contributed by atoms with E-state index >= 15 is 0 Å². The van der Waals surface area contributed by atoms with E-state index in [4.69, 9.17) is 0 Å². The molecule has 1 aliphatic rings. The largest absolute Gasteiger partial charge is 0.337 e. The molecule has 0 spiro atoms. The molecule has 1 aromatic carbocycles. The first-order chi connectivity index (χ1) is 14.2. The number of fused-ring (bicyclic) bond motifs is 1. The molecule has 0 radical (unpaired) electrons. The van der Waals surface area contributed by atoms with E-state index in [2.05, 4.69) is 27.3 Å². The van der Waals surface area contributed by atoms with Crippen LogP contribution in [0.4, 0.5) is 0 Å². The number of likely N-dealkylation sites (tertiary alicyclic amines) is 1. The topological polar surface area (TPSA) is 79.2 Å². The fourth-order valence-electron chi connectivity index (χ4n) is 3.95. The Kier molecular flexibility index (Phi) is 4.35. The van der Waals surface area contributed by atoms with Crippen LogP contribution in [0.25, 0.3) is 16.9 Å². The monoisotopic (exact) mass is 386 g/mol. The minimum Gasteiger partial charge on any atom is -0.337 e. The molecular weight excluding hydrogens is 364 g/mol. The summed E-state index contributed by atoms with van der Waals surface area (Å²) < 4.78 is 2.05. The summed E-state index contributed by atoms with van der Waals surface area (Å²) >= 11 is 0. The number of carbonyl (C=O) groups is 1. The van der Waals surface area contributed by atoms with Gasteiger partial charge in [0.15, 0.2) is 5.65 Å². The number of piperidine rings is 1. The van der Waals surface area contributed by atoms with E-state index in [1.165, 1.54) is 5.56 Å². The summed E-state index contributed by atoms with van der Waals surface area (Å²) in [5, 5.41) is 15.9. The van der Waals surface area contributed by atoms with Crippen molar-refractivity contribution in [2.24, 2.45) is 0 Å². The van der Waals surface area contributed by atoms with Crippen molar-refractivity contribution >= 4 is 11.6 Å². The number of amides is 1. The molecule has 4 aromatic rings. The maximum atomic E-state index is 12.9. The molecule has 1 saturated heterocycles. The Hall–Kier alpha value is -3.48. The summed E-state index contributed by atoms with van der Waals surface area (Å²) in [6, 6.07) is 15.9. The van der Waals surface area contributed by atoms with Gasteiger partial charge in [-0.2, -0.15) is 5.10 Å². The lowest BCUT2D eigenvalue weighted by Gasteiger charge is -2.30. The third kappa shape index (κ3) is 3.29. The van der Waals surface area contributed by atoms with Gasteiger partial charge in [0, 0.05) is 30.8 Å². The highest BCUT2D eigenvalue weighted by Gasteiger charge is 2.28. The van der Waals surface area contributed by atoms with Crippen molar-refractivity contribution in [2.45, 2.75) is 25.7 Å². The first-order valence-corrected chi connectivity index (χ1v) is 9.90. The van der Waals surface area contributed by atoms with Gasteiger partial charge in [-0.15, -0.1) is 10.2 Å². The number of carbonyl (C=O) groups excluding carboxylic acids is 1. The number of aromatic amines is 1. The zero-order chi connectivity index (χ0) is 19.8. The highest BCUT2D eigenvalue weighted by Crippen LogP contribution is 2.28. The summed E-state index contributed by atoms with van der Waals surface area (Å²) in [5.74, 6) is 1.29. The molecule has 146 valence electrons. The van der Waals surface area contributed by atoms with Crippen LogP contribution in [-0.4, -0.2) is 48.7 Å². The number of hydrogen-bond acceptors (Lipinski definition) is 4. The van der Waals surface area contributed by atoms with Gasteiger partial charge < -0.3 is 4.90 Å². The predicted molar refractivity (Wildman–Crippen MR) is 110 cm³/mol. The number of benzene rings is 1. The van der Waals surface area contributed by atoms with Crippen molar-refractivity contribution in [3.8, 4) is 11.3 Å². The molecule has 4 heterocycles. The van der Waals surface area contributed by atoms with Gasteiger partial charge in [-0.1, -0.05) is 35.9 Å². The van der Waals surface area contributed by atoms with Crippen LogP contribution in [-0.2, 0) is 0 Å². The minimum absolute atomic E-state index is 0.000382. The first-order valence-electron chi connectivity index (χ1n) is 9.90. The standard InChI is InChI=1S/C22H22N6O/c1-15-5-7-16(8-6-15)18-14-19(24-23-18)22(29)27-12-9-17(10-13-27)21-26-25-20-4-2-3-11-28(20)21/h2-8,11,14,17H,9-10,12-13H2,1H3,(H,23,24). The molecule has 5 rings (SSSR count). The van der Waals surface area contributed by atoms with Crippen molar-refractivity contribution in [3.05, 3.63) is 71.8 Å². The summed E-state index contributed by atoms with van der Waals surface area (Å²) in [7, 11) is 0. The molecule has 29 heavy (non-hydrogen) atoms. The van der Waals surface area contributed by atoms with Crippen LogP contribution in [0.1, 0.15) is 40.6 Å². The average Bonchev–Trinajstić information content (AvgIpc) is 3.42. The zero-order valence-electron chi connectivity index (χ0n) is 16.2. The number of nitrogens with one attached hydrogen (secondary N) is 1. The highest BCUT2D eigenvalue weighted by atomic mass is 16.2. The van der Waals surface area contributed by atoms with Gasteiger partial charge in [-0.05, 0) is 38.0 Å². The predicted octanol–water partition coefficient (Wildman–Crippen LogP) is 3.45. The van der Waals surface area contributed by atoms with E-state index in [0.717, 1.165) is 35.6 Å². The number of aromatic nitrogens is 5. The average molecular weight is 386 g/mol. The van der Waals surface area contributed by atoms with Gasteiger partial charge in [0.05, 0.1) is 5.69 Å². The first kappa shape index (κ1) is 17.6. The van der Waals surface area contributed by atoms with Crippen molar-refractivity contribution < 1.29 is 4.79 Å². The van der Waals surface area contributed by atoms with Crippen molar-refractivity contribution in [3.63, 3.8) is 0 Å². The minimum atomic E-state index is 0.000382. The van der Waals surface area contributed by atoms with E-state index in [0.29, 0.717) is 24.7 Å². The van der Waals surface area contributed by atoms with E-state index in [1.807, 2.05) is 64.0 Å². The van der Waals surface area contributed by atoms with E-state index in [-0.39, 0.29) is 5.91 Å². The van der Waals surface area contributed by atoms with E-state index < -0.39 is 0 Å².